The third-order valence-corrected chi connectivity index (χ3v) is 3.68. The molecule has 0 saturated carbocycles. The maximum atomic E-state index is 5.78. The molecule has 7 heteroatoms. The van der Waals surface area contributed by atoms with Gasteiger partial charge < -0.3 is 13.9 Å². The van der Waals surface area contributed by atoms with E-state index in [4.69, 9.17) is 13.9 Å². The van der Waals surface area contributed by atoms with Crippen molar-refractivity contribution in [1.29, 1.82) is 0 Å². The van der Waals surface area contributed by atoms with E-state index in [2.05, 4.69) is 15.3 Å². The van der Waals surface area contributed by atoms with Gasteiger partial charge in [-0.05, 0) is 32.0 Å². The number of fused-ring (bicyclic) bond motifs is 1. The zero-order valence-electron chi connectivity index (χ0n) is 12.2. The first-order chi connectivity index (χ1) is 10.8. The SMILES string of the molecule is CCn1ncc(-c2nnc(-c3ccc4c(c3)OCO4)o2)c1C. The van der Waals surface area contributed by atoms with E-state index in [0.29, 0.717) is 17.5 Å². The molecule has 0 saturated heterocycles. The van der Waals surface area contributed by atoms with Crippen molar-refractivity contribution in [2.75, 3.05) is 6.79 Å². The fourth-order valence-electron chi connectivity index (χ4n) is 2.45. The number of nitrogens with zero attached hydrogens (tertiary/aromatic N) is 4. The van der Waals surface area contributed by atoms with Crippen molar-refractivity contribution >= 4 is 0 Å². The molecule has 112 valence electrons. The van der Waals surface area contributed by atoms with Gasteiger partial charge in [0.2, 0.25) is 12.7 Å². The first-order valence-electron chi connectivity index (χ1n) is 7.02. The number of aryl methyl sites for hydroxylation is 1. The standard InChI is InChI=1S/C15H14N4O3/c1-3-19-9(2)11(7-16-19)15-18-17-14(22-15)10-4-5-12-13(6-10)21-8-20-12/h4-7H,3,8H2,1-2H3. The minimum absolute atomic E-state index is 0.239. The summed E-state index contributed by atoms with van der Waals surface area (Å²) < 4.78 is 18.3. The molecule has 0 spiro atoms. The van der Waals surface area contributed by atoms with Gasteiger partial charge >= 0.3 is 0 Å². The van der Waals surface area contributed by atoms with Crippen molar-refractivity contribution in [3.05, 3.63) is 30.1 Å². The maximum Gasteiger partial charge on any atom is 0.251 e. The van der Waals surface area contributed by atoms with Gasteiger partial charge in [0.15, 0.2) is 11.5 Å². The van der Waals surface area contributed by atoms with Gasteiger partial charge in [0, 0.05) is 17.8 Å². The highest BCUT2D eigenvalue weighted by atomic mass is 16.7. The fraction of sp³-hybridized carbons (Fsp3) is 0.267. The molecule has 0 N–H and O–H groups in total. The normalized spacial score (nSPS) is 12.8. The number of aromatic nitrogens is 4. The van der Waals surface area contributed by atoms with Crippen LogP contribution in [0.5, 0.6) is 11.5 Å². The molecule has 4 rings (SSSR count). The van der Waals surface area contributed by atoms with E-state index >= 15 is 0 Å². The predicted molar refractivity (Wildman–Crippen MR) is 77.5 cm³/mol. The summed E-state index contributed by atoms with van der Waals surface area (Å²) in [5, 5.41) is 12.5. The second kappa shape index (κ2) is 4.87. The Morgan fingerprint density at radius 2 is 1.95 bits per heavy atom. The highest BCUT2D eigenvalue weighted by Gasteiger charge is 2.18. The number of ether oxygens (including phenoxy) is 2. The number of hydrogen-bond acceptors (Lipinski definition) is 6. The van der Waals surface area contributed by atoms with E-state index in [0.717, 1.165) is 29.1 Å². The summed E-state index contributed by atoms with van der Waals surface area (Å²) in [5.74, 6) is 2.32. The lowest BCUT2D eigenvalue weighted by atomic mass is 10.2. The smallest absolute Gasteiger partial charge is 0.251 e. The Morgan fingerprint density at radius 3 is 2.77 bits per heavy atom. The van der Waals surface area contributed by atoms with E-state index in [1.165, 1.54) is 0 Å². The molecule has 2 aromatic heterocycles. The minimum Gasteiger partial charge on any atom is -0.454 e. The Kier molecular flexibility index (Phi) is 2.85. The van der Waals surface area contributed by atoms with Crippen molar-refractivity contribution < 1.29 is 13.9 Å². The summed E-state index contributed by atoms with van der Waals surface area (Å²) in [6, 6.07) is 5.54. The molecule has 1 aliphatic heterocycles. The maximum absolute atomic E-state index is 5.78. The second-order valence-electron chi connectivity index (χ2n) is 4.94. The van der Waals surface area contributed by atoms with Gasteiger partial charge in [-0.2, -0.15) is 5.10 Å². The van der Waals surface area contributed by atoms with E-state index in [1.54, 1.807) is 6.20 Å². The summed E-state index contributed by atoms with van der Waals surface area (Å²) in [7, 11) is 0. The molecular formula is C15H14N4O3. The molecule has 0 fully saturated rings. The van der Waals surface area contributed by atoms with E-state index in [-0.39, 0.29) is 6.79 Å². The van der Waals surface area contributed by atoms with Gasteiger partial charge in [-0.25, -0.2) is 0 Å². The van der Waals surface area contributed by atoms with Crippen LogP contribution < -0.4 is 9.47 Å². The van der Waals surface area contributed by atoms with Gasteiger partial charge in [-0.3, -0.25) is 4.68 Å². The molecule has 22 heavy (non-hydrogen) atoms. The molecule has 0 bridgehead atoms. The quantitative estimate of drug-likeness (QED) is 0.740. The lowest BCUT2D eigenvalue weighted by molar-refractivity contribution is 0.174. The average Bonchev–Trinajstić information content (AvgIpc) is 3.25. The topological polar surface area (TPSA) is 75.2 Å². The van der Waals surface area contributed by atoms with Crippen LogP contribution in [-0.2, 0) is 6.54 Å². The van der Waals surface area contributed by atoms with Crippen LogP contribution in [0.1, 0.15) is 12.6 Å². The predicted octanol–water partition coefficient (Wildman–Crippen LogP) is 2.66. The van der Waals surface area contributed by atoms with E-state index < -0.39 is 0 Å². The Bertz CT molecular complexity index is 837. The molecule has 1 aliphatic rings. The lowest BCUT2D eigenvalue weighted by Gasteiger charge is -1.99. The Labute approximate surface area is 126 Å². The van der Waals surface area contributed by atoms with Crippen LogP contribution in [0.4, 0.5) is 0 Å². The monoisotopic (exact) mass is 298 g/mol. The zero-order chi connectivity index (χ0) is 15.1. The molecule has 0 aliphatic carbocycles. The van der Waals surface area contributed by atoms with Crippen LogP contribution in [0, 0.1) is 6.92 Å². The fourth-order valence-corrected chi connectivity index (χ4v) is 2.45. The summed E-state index contributed by atoms with van der Waals surface area (Å²) in [6.45, 7) is 5.06. The summed E-state index contributed by atoms with van der Waals surface area (Å²) in [6.07, 6.45) is 1.75. The van der Waals surface area contributed by atoms with Crippen molar-refractivity contribution in [1.82, 2.24) is 20.0 Å². The van der Waals surface area contributed by atoms with Crippen molar-refractivity contribution in [3.63, 3.8) is 0 Å². The van der Waals surface area contributed by atoms with Crippen molar-refractivity contribution in [2.45, 2.75) is 20.4 Å². The summed E-state index contributed by atoms with van der Waals surface area (Å²) in [4.78, 5) is 0. The minimum atomic E-state index is 0.239. The Morgan fingerprint density at radius 1 is 1.14 bits per heavy atom. The largest absolute Gasteiger partial charge is 0.454 e. The number of rotatable bonds is 3. The highest BCUT2D eigenvalue weighted by molar-refractivity contribution is 5.62. The molecule has 3 heterocycles. The van der Waals surface area contributed by atoms with Gasteiger partial charge in [0.25, 0.3) is 5.89 Å². The average molecular weight is 298 g/mol. The van der Waals surface area contributed by atoms with Crippen LogP contribution >= 0.6 is 0 Å². The zero-order valence-corrected chi connectivity index (χ0v) is 12.2. The molecule has 7 nitrogen and oxygen atoms in total. The number of benzene rings is 1. The lowest BCUT2D eigenvalue weighted by Crippen LogP contribution is -1.98. The first-order valence-corrected chi connectivity index (χ1v) is 7.02. The van der Waals surface area contributed by atoms with E-state index in [1.807, 2.05) is 36.7 Å². The van der Waals surface area contributed by atoms with Crippen LogP contribution in [0.2, 0.25) is 0 Å². The van der Waals surface area contributed by atoms with Crippen molar-refractivity contribution in [3.8, 4) is 34.4 Å². The second-order valence-corrected chi connectivity index (χ2v) is 4.94. The third kappa shape index (κ3) is 1.93. The first kappa shape index (κ1) is 12.9. The molecule has 0 atom stereocenters. The number of hydrogen-bond donors (Lipinski definition) is 0. The van der Waals surface area contributed by atoms with E-state index in [9.17, 15) is 0 Å². The molecule has 0 unspecified atom stereocenters. The molecular weight excluding hydrogens is 284 g/mol. The summed E-state index contributed by atoms with van der Waals surface area (Å²) >= 11 is 0. The van der Waals surface area contributed by atoms with Crippen LogP contribution in [0.25, 0.3) is 22.9 Å². The van der Waals surface area contributed by atoms with Crippen molar-refractivity contribution in [2.24, 2.45) is 0 Å². The third-order valence-electron chi connectivity index (χ3n) is 3.68. The van der Waals surface area contributed by atoms with Crippen LogP contribution in [-0.4, -0.2) is 26.8 Å². The Hall–Kier alpha value is -2.83. The summed E-state index contributed by atoms with van der Waals surface area (Å²) in [5.41, 5.74) is 2.65. The highest BCUT2D eigenvalue weighted by Crippen LogP contribution is 2.36. The molecule has 3 aromatic rings. The van der Waals surface area contributed by atoms with Crippen LogP contribution in [0.3, 0.4) is 0 Å². The molecule has 1 aromatic carbocycles. The van der Waals surface area contributed by atoms with Gasteiger partial charge in [-0.15, -0.1) is 10.2 Å². The molecule has 0 radical (unpaired) electrons. The molecule has 0 amide bonds. The Balaban J connectivity index is 1.70. The van der Waals surface area contributed by atoms with Crippen LogP contribution in [0.15, 0.2) is 28.8 Å². The van der Waals surface area contributed by atoms with Gasteiger partial charge in [-0.1, -0.05) is 0 Å². The van der Waals surface area contributed by atoms with Gasteiger partial charge in [0.1, 0.15) is 0 Å². The van der Waals surface area contributed by atoms with Gasteiger partial charge in [0.05, 0.1) is 11.8 Å².